The number of carboxylic acids is 1. The second kappa shape index (κ2) is 6.42. The van der Waals surface area contributed by atoms with Gasteiger partial charge in [-0.05, 0) is 37.3 Å². The van der Waals surface area contributed by atoms with Crippen molar-refractivity contribution < 1.29 is 24.6 Å². The molecule has 2 aliphatic heterocycles. The first kappa shape index (κ1) is 18.6. The second-order valence-electron chi connectivity index (χ2n) is 7.18. The van der Waals surface area contributed by atoms with Gasteiger partial charge in [-0.1, -0.05) is 34.1 Å². The smallest absolute Gasteiger partial charge is 0.324 e. The maximum atomic E-state index is 13.3. The monoisotopic (exact) mass is 444 g/mol. The summed E-state index contributed by atoms with van der Waals surface area (Å²) in [6.07, 6.45) is 0. The predicted molar refractivity (Wildman–Crippen MR) is 104 cm³/mol. The van der Waals surface area contributed by atoms with Gasteiger partial charge in [-0.3, -0.25) is 19.7 Å². The number of aromatic hydroxyl groups is 1. The summed E-state index contributed by atoms with van der Waals surface area (Å²) in [5.41, 5.74) is -0.886. The largest absolute Gasteiger partial charge is 0.508 e. The van der Waals surface area contributed by atoms with Crippen LogP contribution >= 0.6 is 15.9 Å². The molecule has 0 bridgehead atoms. The van der Waals surface area contributed by atoms with Crippen molar-refractivity contribution in [3.63, 3.8) is 0 Å². The van der Waals surface area contributed by atoms with E-state index in [1.165, 1.54) is 13.0 Å². The van der Waals surface area contributed by atoms with Crippen molar-refractivity contribution in [2.24, 2.45) is 11.8 Å². The number of carbonyl (C=O) groups is 3. The maximum Gasteiger partial charge on any atom is 0.324 e. The summed E-state index contributed by atoms with van der Waals surface area (Å²) in [5.74, 6) is -4.39. The lowest BCUT2D eigenvalue weighted by Crippen LogP contribution is -2.53. The van der Waals surface area contributed by atoms with Crippen LogP contribution in [-0.2, 0) is 14.4 Å². The van der Waals surface area contributed by atoms with Crippen molar-refractivity contribution in [3.8, 4) is 5.75 Å². The summed E-state index contributed by atoms with van der Waals surface area (Å²) in [6, 6.07) is 12.3. The molecule has 2 fully saturated rings. The summed E-state index contributed by atoms with van der Waals surface area (Å²) in [5, 5.41) is 23.1. The lowest BCUT2D eigenvalue weighted by Gasteiger charge is -2.27. The molecule has 2 amide bonds. The molecule has 0 aromatic heterocycles. The van der Waals surface area contributed by atoms with E-state index < -0.39 is 41.2 Å². The maximum absolute atomic E-state index is 13.3. The van der Waals surface area contributed by atoms with E-state index in [1.807, 2.05) is 0 Å². The Morgan fingerprint density at radius 3 is 2.46 bits per heavy atom. The fraction of sp³-hybridized carbons (Fsp3) is 0.250. The molecule has 2 aliphatic rings. The molecule has 0 radical (unpaired) electrons. The summed E-state index contributed by atoms with van der Waals surface area (Å²) in [6.45, 7) is 1.40. The quantitative estimate of drug-likeness (QED) is 0.627. The first-order chi connectivity index (χ1) is 13.3. The molecule has 2 saturated heterocycles. The Labute approximate surface area is 169 Å². The molecule has 3 N–H and O–H groups in total. The van der Waals surface area contributed by atoms with Gasteiger partial charge in [-0.15, -0.1) is 0 Å². The molecular formula is C20H17BrN2O5. The zero-order valence-corrected chi connectivity index (χ0v) is 16.4. The summed E-state index contributed by atoms with van der Waals surface area (Å²) < 4.78 is 0.666. The Balaban J connectivity index is 1.86. The van der Waals surface area contributed by atoms with Gasteiger partial charge in [0.2, 0.25) is 11.8 Å². The first-order valence-electron chi connectivity index (χ1n) is 8.68. The van der Waals surface area contributed by atoms with Crippen molar-refractivity contribution in [1.29, 1.82) is 0 Å². The van der Waals surface area contributed by atoms with Gasteiger partial charge in [0, 0.05) is 16.1 Å². The molecule has 0 unspecified atom stereocenters. The minimum Gasteiger partial charge on any atom is -0.508 e. The Kier molecular flexibility index (Phi) is 4.28. The van der Waals surface area contributed by atoms with Crippen LogP contribution in [0.5, 0.6) is 5.75 Å². The lowest BCUT2D eigenvalue weighted by molar-refractivity contribution is -0.147. The van der Waals surface area contributed by atoms with Crippen molar-refractivity contribution in [2.75, 3.05) is 4.90 Å². The van der Waals surface area contributed by atoms with E-state index in [0.29, 0.717) is 15.7 Å². The molecule has 0 aliphatic carbocycles. The van der Waals surface area contributed by atoms with Gasteiger partial charge >= 0.3 is 5.97 Å². The molecule has 144 valence electrons. The number of carboxylic acid groups (broad SMARTS) is 1. The highest BCUT2D eigenvalue weighted by Crippen LogP contribution is 2.51. The number of rotatable bonds is 3. The number of halogens is 1. The van der Waals surface area contributed by atoms with Crippen molar-refractivity contribution >= 4 is 39.4 Å². The highest BCUT2D eigenvalue weighted by Gasteiger charge is 2.67. The summed E-state index contributed by atoms with van der Waals surface area (Å²) in [4.78, 5) is 39.6. The lowest BCUT2D eigenvalue weighted by atomic mass is 9.80. The molecule has 0 spiro atoms. The van der Waals surface area contributed by atoms with Crippen molar-refractivity contribution in [2.45, 2.75) is 18.5 Å². The van der Waals surface area contributed by atoms with Crippen LogP contribution in [0, 0.1) is 11.8 Å². The normalized spacial score (nSPS) is 29.2. The van der Waals surface area contributed by atoms with E-state index in [-0.39, 0.29) is 5.75 Å². The summed E-state index contributed by atoms with van der Waals surface area (Å²) in [7, 11) is 0. The Morgan fingerprint density at radius 1 is 1.14 bits per heavy atom. The molecule has 8 heteroatoms. The minimum atomic E-state index is -1.65. The number of amides is 2. The third-order valence-corrected chi connectivity index (χ3v) is 6.06. The topological polar surface area (TPSA) is 107 Å². The van der Waals surface area contributed by atoms with Gasteiger partial charge in [-0.2, -0.15) is 0 Å². The number of phenols is 1. The number of hydrogen-bond donors (Lipinski definition) is 3. The van der Waals surface area contributed by atoms with Crippen molar-refractivity contribution in [1.82, 2.24) is 5.32 Å². The zero-order valence-electron chi connectivity index (χ0n) is 14.8. The Bertz CT molecular complexity index is 995. The van der Waals surface area contributed by atoms with Crippen LogP contribution in [0.15, 0.2) is 53.0 Å². The highest BCUT2D eigenvalue weighted by molar-refractivity contribution is 9.10. The minimum absolute atomic E-state index is 0.0764. The van der Waals surface area contributed by atoms with Gasteiger partial charge < -0.3 is 10.2 Å². The van der Waals surface area contributed by atoms with Crippen LogP contribution in [0.1, 0.15) is 18.5 Å². The molecule has 2 aromatic rings. The molecule has 7 nitrogen and oxygen atoms in total. The third-order valence-electron chi connectivity index (χ3n) is 5.57. The standard InChI is InChI=1S/C20H17BrN2O5/c1-20(19(27)28)15-14(16(22-20)12-9-10(21)7-8-13(12)24)17(25)23(18(15)26)11-5-3-2-4-6-11/h2-9,14-16,22,24H,1H3,(H,27,28)/t14-,15+,16-,20+/m0/s1. The van der Waals surface area contributed by atoms with E-state index in [9.17, 15) is 24.6 Å². The van der Waals surface area contributed by atoms with E-state index in [2.05, 4.69) is 21.2 Å². The van der Waals surface area contributed by atoms with Crippen molar-refractivity contribution in [3.05, 3.63) is 58.6 Å². The van der Waals surface area contributed by atoms with E-state index in [1.54, 1.807) is 42.5 Å². The first-order valence-corrected chi connectivity index (χ1v) is 9.47. The second-order valence-corrected chi connectivity index (χ2v) is 8.10. The van der Waals surface area contributed by atoms with Gasteiger partial charge in [-0.25, -0.2) is 4.90 Å². The van der Waals surface area contributed by atoms with E-state index in [0.717, 1.165) is 4.90 Å². The van der Waals surface area contributed by atoms with Crippen LogP contribution in [0.2, 0.25) is 0 Å². The molecule has 4 rings (SSSR count). The number of anilines is 1. The van der Waals surface area contributed by atoms with Gasteiger partial charge in [0.1, 0.15) is 11.3 Å². The fourth-order valence-electron chi connectivity index (χ4n) is 4.21. The number of benzene rings is 2. The van der Waals surface area contributed by atoms with Gasteiger partial charge in [0.15, 0.2) is 0 Å². The van der Waals surface area contributed by atoms with Crippen LogP contribution in [0.4, 0.5) is 5.69 Å². The van der Waals surface area contributed by atoms with Crippen LogP contribution in [-0.4, -0.2) is 33.5 Å². The average Bonchev–Trinajstić information content (AvgIpc) is 3.12. The Hall–Kier alpha value is -2.71. The third kappa shape index (κ3) is 2.56. The van der Waals surface area contributed by atoms with Crippen LogP contribution in [0.25, 0.3) is 0 Å². The number of fused-ring (bicyclic) bond motifs is 1. The molecule has 0 saturated carbocycles. The summed E-state index contributed by atoms with van der Waals surface area (Å²) >= 11 is 3.33. The number of nitrogens with one attached hydrogen (secondary N) is 1. The number of aliphatic carboxylic acids is 1. The predicted octanol–water partition coefficient (Wildman–Crippen LogP) is 2.45. The fourth-order valence-corrected chi connectivity index (χ4v) is 4.59. The molecule has 2 heterocycles. The number of phenolic OH excluding ortho intramolecular Hbond substituents is 1. The Morgan fingerprint density at radius 2 is 1.82 bits per heavy atom. The molecule has 2 aromatic carbocycles. The number of nitrogens with zero attached hydrogens (tertiary/aromatic N) is 1. The molecule has 4 atom stereocenters. The SMILES string of the molecule is C[C@@]1(C(=O)O)N[C@@H](c2cc(Br)ccc2O)[C@H]2C(=O)N(c3ccccc3)C(=O)[C@@H]21. The van der Waals surface area contributed by atoms with E-state index in [4.69, 9.17) is 0 Å². The highest BCUT2D eigenvalue weighted by atomic mass is 79.9. The molecule has 28 heavy (non-hydrogen) atoms. The molecular weight excluding hydrogens is 428 g/mol. The number of imide groups is 1. The van der Waals surface area contributed by atoms with Gasteiger partial charge in [0.05, 0.1) is 17.5 Å². The number of hydrogen-bond acceptors (Lipinski definition) is 5. The van der Waals surface area contributed by atoms with Gasteiger partial charge in [0.25, 0.3) is 0 Å². The van der Waals surface area contributed by atoms with Crippen LogP contribution in [0.3, 0.4) is 0 Å². The van der Waals surface area contributed by atoms with Crippen LogP contribution < -0.4 is 10.2 Å². The zero-order chi connectivity index (χ0) is 20.2. The van der Waals surface area contributed by atoms with E-state index >= 15 is 0 Å². The number of para-hydroxylation sites is 1. The number of carbonyl (C=O) groups excluding carboxylic acids is 2. The average molecular weight is 445 g/mol.